The van der Waals surface area contributed by atoms with Crippen LogP contribution in [0.1, 0.15) is 42.8 Å². The van der Waals surface area contributed by atoms with Crippen molar-refractivity contribution in [3.8, 4) is 5.75 Å². The van der Waals surface area contributed by atoms with Gasteiger partial charge in [-0.15, -0.1) is 0 Å². The molecule has 100 valence electrons. The number of aryl methyl sites for hydroxylation is 1. The summed E-state index contributed by atoms with van der Waals surface area (Å²) in [5.41, 5.74) is 1.71. The van der Waals surface area contributed by atoms with Crippen molar-refractivity contribution in [2.45, 2.75) is 38.4 Å². The van der Waals surface area contributed by atoms with Gasteiger partial charge in [-0.1, -0.05) is 19.1 Å². The fourth-order valence-electron chi connectivity index (χ4n) is 2.17. The molecule has 1 aromatic carbocycles. The van der Waals surface area contributed by atoms with E-state index in [0.29, 0.717) is 6.10 Å². The Kier molecular flexibility index (Phi) is 3.30. The summed E-state index contributed by atoms with van der Waals surface area (Å²) in [5, 5.41) is 10.4. The van der Waals surface area contributed by atoms with E-state index >= 15 is 0 Å². The van der Waals surface area contributed by atoms with Crippen molar-refractivity contribution in [2.24, 2.45) is 0 Å². The van der Waals surface area contributed by atoms with Gasteiger partial charge in [0.05, 0.1) is 12.4 Å². The third-order valence-electron chi connectivity index (χ3n) is 3.42. The molecule has 1 aliphatic carbocycles. The molecule has 0 aliphatic heterocycles. The Hall–Kier alpha value is -1.74. The zero-order valence-corrected chi connectivity index (χ0v) is 11.0. The van der Waals surface area contributed by atoms with Gasteiger partial charge in [0.2, 0.25) is 0 Å². The molecule has 3 heteroatoms. The topological polar surface area (TPSA) is 42.6 Å². The first-order valence-corrected chi connectivity index (χ1v) is 6.79. The molecule has 1 aliphatic rings. The third kappa shape index (κ3) is 2.66. The Morgan fingerprint density at radius 2 is 2.00 bits per heavy atom. The average molecular weight is 258 g/mol. The van der Waals surface area contributed by atoms with E-state index in [0.717, 1.165) is 41.9 Å². The standard InChI is InChI=1S/C16H18O3/c1-2-15-14(9-10-18-15)16(17)11-3-5-12(6-4-11)19-13-7-8-13/h3-6,9-10,13,16-17H,2,7-8H2,1H3. The molecule has 1 heterocycles. The molecule has 0 saturated heterocycles. The largest absolute Gasteiger partial charge is 0.490 e. The fourth-order valence-corrected chi connectivity index (χ4v) is 2.17. The number of aliphatic hydroxyl groups is 1. The maximum atomic E-state index is 10.4. The lowest BCUT2D eigenvalue weighted by Crippen LogP contribution is -2.01. The number of ether oxygens (including phenoxy) is 1. The molecule has 1 atom stereocenters. The van der Waals surface area contributed by atoms with E-state index in [1.165, 1.54) is 0 Å². The second-order valence-electron chi connectivity index (χ2n) is 4.94. The van der Waals surface area contributed by atoms with Crippen LogP contribution in [0, 0.1) is 0 Å². The van der Waals surface area contributed by atoms with Crippen LogP contribution >= 0.6 is 0 Å². The first-order chi connectivity index (χ1) is 9.28. The maximum Gasteiger partial charge on any atom is 0.119 e. The predicted octanol–water partition coefficient (Wildman–Crippen LogP) is 3.46. The molecule has 1 saturated carbocycles. The van der Waals surface area contributed by atoms with Crippen molar-refractivity contribution in [3.63, 3.8) is 0 Å². The van der Waals surface area contributed by atoms with Crippen molar-refractivity contribution < 1.29 is 14.3 Å². The summed E-state index contributed by atoms with van der Waals surface area (Å²) in [6.07, 6.45) is 4.47. The molecule has 1 unspecified atom stereocenters. The summed E-state index contributed by atoms with van der Waals surface area (Å²) in [6, 6.07) is 9.49. The summed E-state index contributed by atoms with van der Waals surface area (Å²) in [6.45, 7) is 2.02. The third-order valence-corrected chi connectivity index (χ3v) is 3.42. The van der Waals surface area contributed by atoms with Crippen LogP contribution in [0.15, 0.2) is 41.0 Å². The smallest absolute Gasteiger partial charge is 0.119 e. The average Bonchev–Trinajstić information content (AvgIpc) is 3.12. The number of benzene rings is 1. The summed E-state index contributed by atoms with van der Waals surface area (Å²) < 4.78 is 11.1. The van der Waals surface area contributed by atoms with Gasteiger partial charge >= 0.3 is 0 Å². The number of hydrogen-bond donors (Lipinski definition) is 1. The minimum absolute atomic E-state index is 0.399. The Morgan fingerprint density at radius 1 is 1.26 bits per heavy atom. The van der Waals surface area contributed by atoms with Crippen LogP contribution in [0.4, 0.5) is 0 Å². The van der Waals surface area contributed by atoms with Crippen LogP contribution in [0.5, 0.6) is 5.75 Å². The molecular formula is C16H18O3. The zero-order chi connectivity index (χ0) is 13.2. The first-order valence-electron chi connectivity index (χ1n) is 6.79. The van der Waals surface area contributed by atoms with E-state index in [2.05, 4.69) is 0 Å². The summed E-state index contributed by atoms with van der Waals surface area (Å²) in [4.78, 5) is 0. The Balaban J connectivity index is 1.77. The van der Waals surface area contributed by atoms with Gasteiger partial charge in [0, 0.05) is 12.0 Å². The monoisotopic (exact) mass is 258 g/mol. The van der Waals surface area contributed by atoms with Crippen LogP contribution in [0.2, 0.25) is 0 Å². The van der Waals surface area contributed by atoms with Crippen molar-refractivity contribution in [3.05, 3.63) is 53.5 Å². The number of furan rings is 1. The second kappa shape index (κ2) is 5.10. The van der Waals surface area contributed by atoms with Crippen LogP contribution in [-0.4, -0.2) is 11.2 Å². The van der Waals surface area contributed by atoms with Crippen molar-refractivity contribution >= 4 is 0 Å². The van der Waals surface area contributed by atoms with E-state index in [1.807, 2.05) is 37.3 Å². The molecule has 2 aromatic rings. The minimum Gasteiger partial charge on any atom is -0.490 e. The van der Waals surface area contributed by atoms with Gasteiger partial charge in [0.1, 0.15) is 17.6 Å². The molecule has 1 N–H and O–H groups in total. The van der Waals surface area contributed by atoms with Gasteiger partial charge in [0.25, 0.3) is 0 Å². The van der Waals surface area contributed by atoms with E-state index in [9.17, 15) is 5.11 Å². The number of aliphatic hydroxyl groups excluding tert-OH is 1. The van der Waals surface area contributed by atoms with Crippen molar-refractivity contribution in [1.82, 2.24) is 0 Å². The highest BCUT2D eigenvalue weighted by Crippen LogP contribution is 2.30. The highest BCUT2D eigenvalue weighted by Gasteiger charge is 2.23. The van der Waals surface area contributed by atoms with Crippen LogP contribution < -0.4 is 4.74 Å². The lowest BCUT2D eigenvalue weighted by molar-refractivity contribution is 0.217. The maximum absolute atomic E-state index is 10.4. The normalized spacial score (nSPS) is 16.3. The van der Waals surface area contributed by atoms with Crippen molar-refractivity contribution in [2.75, 3.05) is 0 Å². The van der Waals surface area contributed by atoms with Crippen LogP contribution in [-0.2, 0) is 6.42 Å². The van der Waals surface area contributed by atoms with Crippen molar-refractivity contribution in [1.29, 1.82) is 0 Å². The molecule has 3 nitrogen and oxygen atoms in total. The van der Waals surface area contributed by atoms with Crippen LogP contribution in [0.3, 0.4) is 0 Å². The lowest BCUT2D eigenvalue weighted by Gasteiger charge is -2.12. The van der Waals surface area contributed by atoms with E-state index in [1.54, 1.807) is 6.26 Å². The van der Waals surface area contributed by atoms with Gasteiger partial charge in [-0.2, -0.15) is 0 Å². The quantitative estimate of drug-likeness (QED) is 0.893. The van der Waals surface area contributed by atoms with E-state index < -0.39 is 6.10 Å². The number of rotatable bonds is 5. The van der Waals surface area contributed by atoms with Gasteiger partial charge < -0.3 is 14.3 Å². The lowest BCUT2D eigenvalue weighted by atomic mass is 10.0. The van der Waals surface area contributed by atoms with Gasteiger partial charge in [-0.25, -0.2) is 0 Å². The summed E-state index contributed by atoms with van der Waals surface area (Å²) >= 11 is 0. The molecule has 1 aromatic heterocycles. The molecule has 0 spiro atoms. The molecule has 0 bridgehead atoms. The predicted molar refractivity (Wildman–Crippen MR) is 72.2 cm³/mol. The zero-order valence-electron chi connectivity index (χ0n) is 11.0. The Morgan fingerprint density at radius 3 is 2.63 bits per heavy atom. The van der Waals surface area contributed by atoms with Gasteiger partial charge in [0.15, 0.2) is 0 Å². The highest BCUT2D eigenvalue weighted by molar-refractivity contribution is 5.35. The van der Waals surface area contributed by atoms with Gasteiger partial charge in [-0.3, -0.25) is 0 Å². The van der Waals surface area contributed by atoms with E-state index in [4.69, 9.17) is 9.15 Å². The Labute approximate surface area is 112 Å². The van der Waals surface area contributed by atoms with E-state index in [-0.39, 0.29) is 0 Å². The number of hydrogen-bond acceptors (Lipinski definition) is 3. The minimum atomic E-state index is -0.635. The van der Waals surface area contributed by atoms with Crippen LogP contribution in [0.25, 0.3) is 0 Å². The second-order valence-corrected chi connectivity index (χ2v) is 4.94. The molecule has 19 heavy (non-hydrogen) atoms. The SMILES string of the molecule is CCc1occc1C(O)c1ccc(OC2CC2)cc1. The summed E-state index contributed by atoms with van der Waals surface area (Å²) in [5.74, 6) is 1.71. The summed E-state index contributed by atoms with van der Waals surface area (Å²) in [7, 11) is 0. The Bertz CT molecular complexity index is 537. The first kappa shape index (κ1) is 12.3. The fraction of sp³-hybridized carbons (Fsp3) is 0.375. The van der Waals surface area contributed by atoms with Gasteiger partial charge in [-0.05, 0) is 36.6 Å². The molecular weight excluding hydrogens is 240 g/mol. The molecule has 1 fully saturated rings. The highest BCUT2D eigenvalue weighted by atomic mass is 16.5. The molecule has 0 radical (unpaired) electrons. The molecule has 3 rings (SSSR count). The molecule has 0 amide bonds.